The molecule has 0 fully saturated rings. The number of halogens is 2. The zero-order valence-corrected chi connectivity index (χ0v) is 18.5. The molecule has 1 aromatic heterocycles. The Bertz CT molecular complexity index is 1030. The number of pyridine rings is 1. The van der Waals surface area contributed by atoms with Crippen molar-refractivity contribution < 1.29 is 9.59 Å². The molecule has 0 bridgehead atoms. The molecule has 0 atom stereocenters. The third-order valence-corrected chi connectivity index (χ3v) is 5.85. The summed E-state index contributed by atoms with van der Waals surface area (Å²) < 4.78 is 0. The maximum Gasteiger partial charge on any atom is 0.257 e. The van der Waals surface area contributed by atoms with Crippen LogP contribution in [0.1, 0.15) is 17.3 Å². The minimum absolute atomic E-state index is 0.138. The minimum Gasteiger partial charge on any atom is -0.330 e. The summed E-state index contributed by atoms with van der Waals surface area (Å²) in [4.78, 5) is 32.5. The average Bonchev–Trinajstić information content (AvgIpc) is 2.75. The Morgan fingerprint density at radius 1 is 1.00 bits per heavy atom. The molecule has 0 spiro atoms. The summed E-state index contributed by atoms with van der Waals surface area (Å²) in [6.07, 6.45) is 1.64. The summed E-state index contributed by atoms with van der Waals surface area (Å²) in [7, 11) is 0. The molecule has 0 saturated heterocycles. The van der Waals surface area contributed by atoms with Crippen molar-refractivity contribution >= 4 is 52.5 Å². The molecule has 3 rings (SSSR count). The first kappa shape index (κ1) is 22.2. The molecule has 0 aliphatic heterocycles. The van der Waals surface area contributed by atoms with Crippen LogP contribution >= 0.6 is 35.0 Å². The van der Waals surface area contributed by atoms with Gasteiger partial charge in [-0.05, 0) is 43.3 Å². The molecule has 30 heavy (non-hydrogen) atoms. The number of aromatic nitrogens is 1. The number of para-hydroxylation sites is 1. The van der Waals surface area contributed by atoms with Gasteiger partial charge in [0.15, 0.2) is 0 Å². The molecule has 0 aliphatic carbocycles. The fraction of sp³-hybridized carbons (Fsp3) is 0.136. The molecule has 0 radical (unpaired) electrons. The highest BCUT2D eigenvalue weighted by molar-refractivity contribution is 7.99. The van der Waals surface area contributed by atoms with Crippen LogP contribution in [0.2, 0.25) is 10.0 Å². The van der Waals surface area contributed by atoms with E-state index >= 15 is 0 Å². The minimum atomic E-state index is -0.388. The number of nitrogens with one attached hydrogen (secondary N) is 1. The number of likely N-dealkylation sites (N-methyl/N-ethyl adjacent to an activating group) is 1. The molecule has 0 unspecified atom stereocenters. The van der Waals surface area contributed by atoms with Crippen molar-refractivity contribution in [3.63, 3.8) is 0 Å². The van der Waals surface area contributed by atoms with E-state index in [2.05, 4.69) is 10.3 Å². The Morgan fingerprint density at radius 2 is 1.70 bits per heavy atom. The molecule has 0 aliphatic rings. The number of rotatable bonds is 7. The number of hydrogen-bond donors (Lipinski definition) is 1. The number of amides is 2. The highest BCUT2D eigenvalue weighted by atomic mass is 35.5. The lowest BCUT2D eigenvalue weighted by molar-refractivity contribution is -0.116. The van der Waals surface area contributed by atoms with Crippen LogP contribution < -0.4 is 5.32 Å². The maximum atomic E-state index is 13.1. The van der Waals surface area contributed by atoms with Crippen molar-refractivity contribution in [2.75, 3.05) is 18.4 Å². The maximum absolute atomic E-state index is 13.1. The van der Waals surface area contributed by atoms with Gasteiger partial charge in [0.1, 0.15) is 11.6 Å². The zero-order valence-electron chi connectivity index (χ0n) is 16.1. The van der Waals surface area contributed by atoms with Crippen molar-refractivity contribution in [1.82, 2.24) is 9.88 Å². The van der Waals surface area contributed by atoms with E-state index in [9.17, 15) is 9.59 Å². The Balaban J connectivity index is 1.76. The Kier molecular flexibility index (Phi) is 7.74. The predicted molar refractivity (Wildman–Crippen MR) is 121 cm³/mol. The number of carbonyl (C=O) groups is 2. The lowest BCUT2D eigenvalue weighted by Crippen LogP contribution is -2.38. The van der Waals surface area contributed by atoms with Gasteiger partial charge in [-0.3, -0.25) is 9.59 Å². The van der Waals surface area contributed by atoms with Gasteiger partial charge >= 0.3 is 0 Å². The molecule has 1 N–H and O–H groups in total. The van der Waals surface area contributed by atoms with E-state index in [1.807, 2.05) is 37.3 Å². The van der Waals surface area contributed by atoms with Crippen LogP contribution in [0.3, 0.4) is 0 Å². The van der Waals surface area contributed by atoms with Crippen molar-refractivity contribution in [2.45, 2.75) is 16.8 Å². The fourth-order valence-corrected chi connectivity index (χ4v) is 4.09. The number of anilines is 1. The van der Waals surface area contributed by atoms with E-state index in [1.165, 1.54) is 16.7 Å². The van der Waals surface area contributed by atoms with Crippen LogP contribution in [-0.4, -0.2) is 34.8 Å². The van der Waals surface area contributed by atoms with Crippen LogP contribution in [0.25, 0.3) is 0 Å². The van der Waals surface area contributed by atoms with Crippen LogP contribution in [0.5, 0.6) is 0 Å². The van der Waals surface area contributed by atoms with Crippen molar-refractivity contribution in [3.05, 3.63) is 82.5 Å². The molecular weight excluding hydrogens is 441 g/mol. The van der Waals surface area contributed by atoms with E-state index < -0.39 is 0 Å². The summed E-state index contributed by atoms with van der Waals surface area (Å²) in [6, 6.07) is 18.1. The summed E-state index contributed by atoms with van der Waals surface area (Å²) >= 11 is 13.6. The molecule has 2 amide bonds. The predicted octanol–water partition coefficient (Wildman–Crippen LogP) is 5.64. The second-order valence-corrected chi connectivity index (χ2v) is 8.11. The topological polar surface area (TPSA) is 62.3 Å². The third-order valence-electron chi connectivity index (χ3n) is 4.19. The van der Waals surface area contributed by atoms with Gasteiger partial charge in [0, 0.05) is 17.6 Å². The first-order chi connectivity index (χ1) is 14.5. The number of carbonyl (C=O) groups excluding carboxylic acids is 2. The second-order valence-electron chi connectivity index (χ2n) is 6.24. The van der Waals surface area contributed by atoms with Crippen LogP contribution in [0.4, 0.5) is 5.69 Å². The van der Waals surface area contributed by atoms with E-state index in [0.29, 0.717) is 32.9 Å². The van der Waals surface area contributed by atoms with Crippen LogP contribution in [0.15, 0.2) is 76.8 Å². The first-order valence-electron chi connectivity index (χ1n) is 9.20. The van der Waals surface area contributed by atoms with Gasteiger partial charge < -0.3 is 10.2 Å². The molecule has 3 aromatic rings. The lowest BCUT2D eigenvalue weighted by atomic mass is 10.2. The number of nitrogens with zero attached hydrogens (tertiary/aromatic N) is 2. The van der Waals surface area contributed by atoms with Crippen molar-refractivity contribution in [2.24, 2.45) is 0 Å². The van der Waals surface area contributed by atoms with E-state index in [-0.39, 0.29) is 18.4 Å². The highest BCUT2D eigenvalue weighted by Crippen LogP contribution is 2.30. The standard InChI is InChI=1S/C22H19Cl2N3O2S/c1-2-27(14-19(28)26-20-17(23)11-6-12-18(20)24)22(29)16-10-7-13-25-21(16)30-15-8-4-3-5-9-15/h3-13H,2,14H2,1H3,(H,26,28). The van der Waals surface area contributed by atoms with Gasteiger partial charge in [0.2, 0.25) is 5.91 Å². The quantitative estimate of drug-likeness (QED) is 0.496. The average molecular weight is 460 g/mol. The first-order valence-corrected chi connectivity index (χ1v) is 10.8. The van der Waals surface area contributed by atoms with Gasteiger partial charge in [-0.25, -0.2) is 4.98 Å². The fourth-order valence-electron chi connectivity index (χ4n) is 2.70. The van der Waals surface area contributed by atoms with E-state index in [4.69, 9.17) is 23.2 Å². The monoisotopic (exact) mass is 459 g/mol. The second kappa shape index (κ2) is 10.5. The zero-order chi connectivity index (χ0) is 21.5. The molecule has 0 saturated carbocycles. The summed E-state index contributed by atoms with van der Waals surface area (Å²) in [6.45, 7) is 2.03. The molecule has 5 nitrogen and oxygen atoms in total. The van der Waals surface area contributed by atoms with Crippen molar-refractivity contribution in [1.29, 1.82) is 0 Å². The van der Waals surface area contributed by atoms with E-state index in [1.54, 1.807) is 36.5 Å². The Hall–Kier alpha value is -2.54. The third kappa shape index (κ3) is 5.53. The number of benzene rings is 2. The van der Waals surface area contributed by atoms with E-state index in [0.717, 1.165) is 4.90 Å². The van der Waals surface area contributed by atoms with Gasteiger partial charge in [-0.15, -0.1) is 0 Å². The summed E-state index contributed by atoms with van der Waals surface area (Å²) in [5.74, 6) is -0.661. The summed E-state index contributed by atoms with van der Waals surface area (Å²) in [5, 5.41) is 3.94. The van der Waals surface area contributed by atoms with Gasteiger partial charge in [-0.2, -0.15) is 0 Å². The Labute approximate surface area is 189 Å². The SMILES string of the molecule is CCN(CC(=O)Nc1c(Cl)cccc1Cl)C(=O)c1cccnc1Sc1ccccc1. The Morgan fingerprint density at radius 3 is 2.37 bits per heavy atom. The van der Waals surface area contributed by atoms with Gasteiger partial charge in [-0.1, -0.05) is 59.2 Å². The number of hydrogen-bond acceptors (Lipinski definition) is 4. The van der Waals surface area contributed by atoms with Gasteiger partial charge in [0.05, 0.1) is 21.3 Å². The molecule has 1 heterocycles. The van der Waals surface area contributed by atoms with Gasteiger partial charge in [0.25, 0.3) is 5.91 Å². The molecule has 2 aromatic carbocycles. The molecule has 8 heteroatoms. The normalized spacial score (nSPS) is 10.5. The molecular formula is C22H19Cl2N3O2S. The summed E-state index contributed by atoms with van der Waals surface area (Å²) in [5.41, 5.74) is 0.771. The van der Waals surface area contributed by atoms with Crippen molar-refractivity contribution in [3.8, 4) is 0 Å². The molecule has 154 valence electrons. The lowest BCUT2D eigenvalue weighted by Gasteiger charge is -2.21. The van der Waals surface area contributed by atoms with Crippen LogP contribution in [-0.2, 0) is 4.79 Å². The highest BCUT2D eigenvalue weighted by Gasteiger charge is 2.22. The smallest absolute Gasteiger partial charge is 0.257 e. The largest absolute Gasteiger partial charge is 0.330 e. The van der Waals surface area contributed by atoms with Crippen LogP contribution in [0, 0.1) is 0 Å².